The number of nitrogens with one attached hydrogen (secondary N) is 4. The summed E-state index contributed by atoms with van der Waals surface area (Å²) in [6.45, 7) is 0.689. The number of aromatic amines is 1. The number of alkyl carbamates (subject to hydrolysis) is 1. The Morgan fingerprint density at radius 3 is 2.79 bits per heavy atom. The molecule has 4 rings (SSSR count). The first kappa shape index (κ1) is 23.6. The minimum Gasteiger partial charge on any atom is -0.480 e. The molecule has 1 saturated carbocycles. The lowest BCUT2D eigenvalue weighted by Crippen LogP contribution is -2.49. The fourth-order valence-electron chi connectivity index (χ4n) is 4.32. The van der Waals surface area contributed by atoms with Crippen LogP contribution in [0.1, 0.15) is 59.4 Å². The van der Waals surface area contributed by atoms with Crippen LogP contribution in [0.3, 0.4) is 0 Å². The lowest BCUT2D eigenvalue weighted by atomic mass is 10.1. The maximum absolute atomic E-state index is 12.5. The topological polar surface area (TPSA) is 145 Å². The third kappa shape index (κ3) is 6.27. The van der Waals surface area contributed by atoms with Crippen molar-refractivity contribution in [1.82, 2.24) is 20.6 Å². The Morgan fingerprint density at radius 2 is 2.00 bits per heavy atom. The van der Waals surface area contributed by atoms with Crippen molar-refractivity contribution in [3.63, 3.8) is 0 Å². The van der Waals surface area contributed by atoms with E-state index in [1.807, 2.05) is 6.07 Å². The van der Waals surface area contributed by atoms with Crippen molar-refractivity contribution in [3.05, 3.63) is 46.9 Å². The van der Waals surface area contributed by atoms with E-state index >= 15 is 0 Å². The van der Waals surface area contributed by atoms with Crippen LogP contribution in [0.2, 0.25) is 0 Å². The average molecular weight is 470 g/mol. The summed E-state index contributed by atoms with van der Waals surface area (Å²) in [7, 11) is 0. The molecular weight excluding hydrogens is 438 g/mol. The molecular formula is C24H31N5O5. The molecule has 0 radical (unpaired) electrons. The van der Waals surface area contributed by atoms with Crippen molar-refractivity contribution in [2.75, 3.05) is 18.4 Å². The first-order chi connectivity index (χ1) is 16.5. The molecule has 0 saturated heterocycles. The van der Waals surface area contributed by atoms with Gasteiger partial charge in [0.05, 0.1) is 0 Å². The van der Waals surface area contributed by atoms with E-state index in [9.17, 15) is 19.5 Å². The number of nitrogens with zero attached hydrogens (tertiary/aromatic N) is 1. The van der Waals surface area contributed by atoms with Crippen molar-refractivity contribution in [2.45, 2.75) is 63.5 Å². The van der Waals surface area contributed by atoms with Gasteiger partial charge >= 0.3 is 12.1 Å². The van der Waals surface area contributed by atoms with Crippen LogP contribution >= 0.6 is 0 Å². The van der Waals surface area contributed by atoms with E-state index in [2.05, 4.69) is 27.0 Å². The maximum Gasteiger partial charge on any atom is 0.408 e. The Balaban J connectivity index is 1.25. The van der Waals surface area contributed by atoms with E-state index < -0.39 is 24.0 Å². The number of carbonyl (C=O) groups is 3. The highest BCUT2D eigenvalue weighted by Gasteiger charge is 2.25. The fraction of sp³-hybridized carbons (Fsp3) is 0.500. The summed E-state index contributed by atoms with van der Waals surface area (Å²) in [5.41, 5.74) is 3.51. The van der Waals surface area contributed by atoms with E-state index in [0.29, 0.717) is 12.1 Å². The molecule has 1 atom stereocenters. The van der Waals surface area contributed by atoms with Crippen LogP contribution in [-0.4, -0.2) is 58.3 Å². The number of ether oxygens (including phenoxy) is 1. The predicted octanol–water partition coefficient (Wildman–Crippen LogP) is 2.40. The number of amides is 2. The summed E-state index contributed by atoms with van der Waals surface area (Å²) in [5.74, 6) is -0.728. The zero-order chi connectivity index (χ0) is 23.9. The first-order valence-electron chi connectivity index (χ1n) is 11.9. The average Bonchev–Trinajstić information content (AvgIpc) is 3.52. The van der Waals surface area contributed by atoms with Crippen LogP contribution in [0.4, 0.5) is 10.6 Å². The molecule has 182 valence electrons. The molecule has 10 heteroatoms. The van der Waals surface area contributed by atoms with E-state index in [1.54, 1.807) is 12.3 Å². The molecule has 10 nitrogen and oxygen atoms in total. The molecule has 2 aromatic heterocycles. The number of rotatable bonds is 9. The van der Waals surface area contributed by atoms with Crippen molar-refractivity contribution in [2.24, 2.45) is 0 Å². The molecule has 1 fully saturated rings. The fourth-order valence-corrected chi connectivity index (χ4v) is 4.32. The molecule has 2 aliphatic rings. The summed E-state index contributed by atoms with van der Waals surface area (Å²) in [4.78, 5) is 43.6. The predicted molar refractivity (Wildman–Crippen MR) is 125 cm³/mol. The Bertz CT molecular complexity index is 1030. The molecule has 5 N–H and O–H groups in total. The van der Waals surface area contributed by atoms with Gasteiger partial charge in [0.25, 0.3) is 5.91 Å². The molecule has 1 aliphatic heterocycles. The standard InChI is InChI=1S/C24H31N5O5/c30-22(27-14-20(23(31)32)29-24(33)34-18-5-1-2-6-18)19-12-15(13-26-19)7-9-17-10-8-16-4-3-11-25-21(16)28-17/h8,10,12-13,18,20,26H,1-7,9,11,14H2,(H,25,28)(H,27,30)(H,29,33)(H,31,32). The number of hydrogen-bond donors (Lipinski definition) is 5. The van der Waals surface area contributed by atoms with Gasteiger partial charge in [0, 0.05) is 25.0 Å². The van der Waals surface area contributed by atoms with Gasteiger partial charge in [-0.25, -0.2) is 14.6 Å². The lowest BCUT2D eigenvalue weighted by Gasteiger charge is -2.17. The highest BCUT2D eigenvalue weighted by Crippen LogP contribution is 2.21. The van der Waals surface area contributed by atoms with Crippen molar-refractivity contribution >= 4 is 23.8 Å². The number of aromatic nitrogens is 2. The highest BCUT2D eigenvalue weighted by molar-refractivity contribution is 5.93. The zero-order valence-corrected chi connectivity index (χ0v) is 19.1. The van der Waals surface area contributed by atoms with E-state index in [0.717, 1.165) is 68.6 Å². The van der Waals surface area contributed by atoms with Crippen LogP contribution < -0.4 is 16.0 Å². The maximum atomic E-state index is 12.5. The van der Waals surface area contributed by atoms with Gasteiger partial charge in [-0.1, -0.05) is 6.07 Å². The van der Waals surface area contributed by atoms with Gasteiger partial charge < -0.3 is 30.8 Å². The molecule has 0 aromatic carbocycles. The third-order valence-electron chi connectivity index (χ3n) is 6.24. The molecule has 0 bridgehead atoms. The van der Waals surface area contributed by atoms with Gasteiger partial charge in [0.15, 0.2) is 0 Å². The van der Waals surface area contributed by atoms with E-state index in [1.165, 1.54) is 5.56 Å². The van der Waals surface area contributed by atoms with Gasteiger partial charge in [0.2, 0.25) is 0 Å². The van der Waals surface area contributed by atoms with Gasteiger partial charge in [-0.2, -0.15) is 0 Å². The van der Waals surface area contributed by atoms with Crippen molar-refractivity contribution < 1.29 is 24.2 Å². The number of aliphatic carboxylic acids is 1. The number of H-pyrrole nitrogens is 1. The van der Waals surface area contributed by atoms with Crippen molar-refractivity contribution in [1.29, 1.82) is 0 Å². The molecule has 34 heavy (non-hydrogen) atoms. The Kier molecular flexibility index (Phi) is 7.66. The number of hydrogen-bond acceptors (Lipinski definition) is 6. The second kappa shape index (κ2) is 11.0. The number of aryl methyl sites for hydroxylation is 3. The second-order valence-corrected chi connectivity index (χ2v) is 8.82. The van der Waals surface area contributed by atoms with Gasteiger partial charge in [-0.05, 0) is 74.6 Å². The third-order valence-corrected chi connectivity index (χ3v) is 6.24. The summed E-state index contributed by atoms with van der Waals surface area (Å²) in [6, 6.07) is 4.62. The van der Waals surface area contributed by atoms with Gasteiger partial charge in [-0.3, -0.25) is 4.79 Å². The minimum absolute atomic E-state index is 0.172. The van der Waals surface area contributed by atoms with Gasteiger partial charge in [0.1, 0.15) is 23.7 Å². The lowest BCUT2D eigenvalue weighted by molar-refractivity contribution is -0.139. The highest BCUT2D eigenvalue weighted by atomic mass is 16.6. The monoisotopic (exact) mass is 469 g/mol. The summed E-state index contributed by atoms with van der Waals surface area (Å²) in [5, 5.41) is 17.6. The summed E-state index contributed by atoms with van der Waals surface area (Å²) >= 11 is 0. The Morgan fingerprint density at radius 1 is 1.18 bits per heavy atom. The second-order valence-electron chi connectivity index (χ2n) is 8.82. The molecule has 1 unspecified atom stereocenters. The minimum atomic E-state index is -1.28. The zero-order valence-electron chi connectivity index (χ0n) is 19.1. The first-order valence-corrected chi connectivity index (χ1v) is 11.9. The largest absolute Gasteiger partial charge is 0.480 e. The quantitative estimate of drug-likeness (QED) is 0.379. The number of carbonyl (C=O) groups excluding carboxylic acids is 2. The van der Waals surface area contributed by atoms with Crippen LogP contribution in [-0.2, 0) is 28.8 Å². The SMILES string of the molecule is O=C(NC(CNC(=O)c1cc(CCc2ccc3c(n2)NCCC3)c[nH]1)C(=O)O)OC1CCCC1. The molecule has 0 spiro atoms. The number of pyridine rings is 1. The van der Waals surface area contributed by atoms with Gasteiger partial charge in [-0.15, -0.1) is 0 Å². The smallest absolute Gasteiger partial charge is 0.408 e. The van der Waals surface area contributed by atoms with Crippen molar-refractivity contribution in [3.8, 4) is 0 Å². The van der Waals surface area contributed by atoms with Crippen LogP contribution in [0, 0.1) is 0 Å². The Hall–Kier alpha value is -3.56. The van der Waals surface area contributed by atoms with Crippen LogP contribution in [0.25, 0.3) is 0 Å². The molecule has 1 aliphatic carbocycles. The van der Waals surface area contributed by atoms with Crippen LogP contribution in [0.15, 0.2) is 24.4 Å². The number of carboxylic acid groups (broad SMARTS) is 1. The molecule has 3 heterocycles. The number of carboxylic acids is 1. The molecule has 2 amide bonds. The number of fused-ring (bicyclic) bond motifs is 1. The Labute approximate surface area is 197 Å². The van der Waals surface area contributed by atoms with Crippen LogP contribution in [0.5, 0.6) is 0 Å². The van der Waals surface area contributed by atoms with E-state index in [4.69, 9.17) is 9.72 Å². The summed E-state index contributed by atoms with van der Waals surface area (Å²) in [6.07, 6.45) is 8.00. The normalized spacial score (nSPS) is 16.2. The number of anilines is 1. The summed E-state index contributed by atoms with van der Waals surface area (Å²) < 4.78 is 5.24. The molecule has 2 aromatic rings. The van der Waals surface area contributed by atoms with E-state index in [-0.39, 0.29) is 12.6 Å².